The molecule has 2 aliphatic rings. The summed E-state index contributed by atoms with van der Waals surface area (Å²) in [6.45, 7) is 0. The Morgan fingerprint density at radius 1 is 0.299 bits per heavy atom. The first kappa shape index (κ1) is 38.7. The van der Waals surface area contributed by atoms with Gasteiger partial charge in [0, 0.05) is 34.0 Å². The third-order valence-corrected chi connectivity index (χ3v) is 14.1. The minimum Gasteiger partial charge on any atom is -0.310 e. The zero-order valence-electron chi connectivity index (χ0n) is 36.8. The van der Waals surface area contributed by atoms with Gasteiger partial charge in [-0.15, -0.1) is 0 Å². The highest BCUT2D eigenvalue weighted by molar-refractivity contribution is 6.03. The molecule has 314 valence electrons. The van der Waals surface area contributed by atoms with E-state index in [9.17, 15) is 0 Å². The number of hydrogen-bond acceptors (Lipinski definition) is 2. The normalized spacial score (nSPS) is 12.9. The lowest BCUT2D eigenvalue weighted by Crippen LogP contribution is -2.28. The van der Waals surface area contributed by atoms with E-state index in [-0.39, 0.29) is 0 Å². The van der Waals surface area contributed by atoms with E-state index in [1.165, 1.54) is 77.5 Å². The van der Waals surface area contributed by atoms with Crippen LogP contribution in [0, 0.1) is 0 Å². The number of benzene rings is 11. The lowest BCUT2D eigenvalue weighted by Gasteiger charge is -2.35. The lowest BCUT2D eigenvalue weighted by molar-refractivity contribution is 0.770. The molecule has 1 spiro atoms. The van der Waals surface area contributed by atoms with Gasteiger partial charge in [0.05, 0.1) is 11.1 Å². The summed E-state index contributed by atoms with van der Waals surface area (Å²) in [7, 11) is 0. The van der Waals surface area contributed by atoms with Crippen molar-refractivity contribution in [1.82, 2.24) is 0 Å². The summed E-state index contributed by atoms with van der Waals surface area (Å²) < 4.78 is 0. The Morgan fingerprint density at radius 2 is 0.791 bits per heavy atom. The Kier molecular flexibility index (Phi) is 9.11. The van der Waals surface area contributed by atoms with Crippen LogP contribution in [-0.2, 0) is 5.41 Å². The zero-order chi connectivity index (χ0) is 44.3. The Bertz CT molecular complexity index is 3500. The van der Waals surface area contributed by atoms with Crippen molar-refractivity contribution < 1.29 is 0 Å². The summed E-state index contributed by atoms with van der Waals surface area (Å²) in [5, 5.41) is 2.46. The maximum Gasteiger partial charge on any atom is 0.0714 e. The van der Waals surface area contributed by atoms with Crippen LogP contribution in [0.2, 0.25) is 0 Å². The Morgan fingerprint density at radius 3 is 1.43 bits per heavy atom. The number of para-hydroxylation sites is 1. The van der Waals surface area contributed by atoms with E-state index >= 15 is 0 Å². The standard InChI is InChI=1S/C65H44N2/c1-3-16-45(17-4-1)47-33-38-52(39-34-47)66(53-40-35-48(36-41-53)46-18-5-2-6-19-46)55-23-15-24-56(44-55)67-54-22-14-21-50(42-54)65(62-29-10-7-25-58(62)59-26-8-11-30-63(59)65)51-37-32-49-20-13-28-57(61(49)43-51)60-27-9-12-31-64(60)67/h1-44H. The van der Waals surface area contributed by atoms with Gasteiger partial charge in [0.15, 0.2) is 0 Å². The maximum atomic E-state index is 2.48. The molecule has 0 saturated heterocycles. The largest absolute Gasteiger partial charge is 0.310 e. The average molecular weight is 853 g/mol. The highest BCUT2D eigenvalue weighted by Crippen LogP contribution is 2.58. The van der Waals surface area contributed by atoms with Crippen LogP contribution in [0.15, 0.2) is 267 Å². The Hall–Kier alpha value is -8.72. The fourth-order valence-electron chi connectivity index (χ4n) is 11.1. The molecule has 0 saturated carbocycles. The molecule has 0 atom stereocenters. The van der Waals surface area contributed by atoms with Crippen LogP contribution >= 0.6 is 0 Å². The molecule has 0 N–H and O–H groups in total. The Balaban J connectivity index is 1.04. The minimum atomic E-state index is -0.552. The van der Waals surface area contributed by atoms with Gasteiger partial charge in [-0.1, -0.05) is 200 Å². The van der Waals surface area contributed by atoms with Crippen molar-refractivity contribution in [1.29, 1.82) is 0 Å². The molecule has 0 radical (unpaired) electrons. The molecule has 11 aromatic rings. The first-order valence-electron chi connectivity index (χ1n) is 23.2. The highest BCUT2D eigenvalue weighted by atomic mass is 15.2. The second kappa shape index (κ2) is 15.8. The molecule has 0 amide bonds. The molecule has 0 aromatic heterocycles. The first-order chi connectivity index (χ1) is 33.2. The predicted octanol–water partition coefficient (Wildman–Crippen LogP) is 17.5. The fourth-order valence-corrected chi connectivity index (χ4v) is 11.1. The van der Waals surface area contributed by atoms with Crippen LogP contribution in [0.25, 0.3) is 55.3 Å². The highest BCUT2D eigenvalue weighted by Gasteiger charge is 2.46. The van der Waals surface area contributed by atoms with Crippen molar-refractivity contribution in [2.75, 3.05) is 9.80 Å². The van der Waals surface area contributed by atoms with E-state index in [0.717, 1.165) is 34.1 Å². The number of anilines is 6. The van der Waals surface area contributed by atoms with Crippen LogP contribution < -0.4 is 9.80 Å². The maximum absolute atomic E-state index is 2.48. The van der Waals surface area contributed by atoms with Gasteiger partial charge >= 0.3 is 0 Å². The van der Waals surface area contributed by atoms with E-state index in [1.807, 2.05) is 0 Å². The molecule has 1 aliphatic heterocycles. The van der Waals surface area contributed by atoms with Gasteiger partial charge in [-0.3, -0.25) is 0 Å². The summed E-state index contributed by atoms with van der Waals surface area (Å²) in [5.74, 6) is 0. The van der Waals surface area contributed by atoms with Crippen LogP contribution in [0.5, 0.6) is 0 Å². The van der Waals surface area contributed by atoms with Crippen molar-refractivity contribution in [2.45, 2.75) is 5.41 Å². The van der Waals surface area contributed by atoms with Crippen LogP contribution in [0.1, 0.15) is 22.3 Å². The second-order valence-corrected chi connectivity index (χ2v) is 17.7. The van der Waals surface area contributed by atoms with Crippen LogP contribution in [-0.4, -0.2) is 0 Å². The van der Waals surface area contributed by atoms with Gasteiger partial charge in [-0.05, 0) is 139 Å². The molecule has 2 heteroatoms. The van der Waals surface area contributed by atoms with Crippen LogP contribution in [0.4, 0.5) is 34.1 Å². The molecule has 0 unspecified atom stereocenters. The fraction of sp³-hybridized carbons (Fsp3) is 0.0154. The van der Waals surface area contributed by atoms with Gasteiger partial charge in [-0.25, -0.2) is 0 Å². The number of rotatable bonds is 6. The average Bonchev–Trinajstić information content (AvgIpc) is 3.70. The van der Waals surface area contributed by atoms with Crippen molar-refractivity contribution in [2.24, 2.45) is 0 Å². The Labute approximate surface area is 391 Å². The van der Waals surface area contributed by atoms with Crippen molar-refractivity contribution in [3.63, 3.8) is 0 Å². The quantitative estimate of drug-likeness (QED) is 0.164. The summed E-state index contributed by atoms with van der Waals surface area (Å²) >= 11 is 0. The summed E-state index contributed by atoms with van der Waals surface area (Å²) in [5.41, 5.74) is 20.8. The SMILES string of the molecule is c1ccc(-c2ccc(N(c3ccc(-c4ccccc4)cc3)c3cccc(N4c5cccc(c5)C5(c6ccc7cccc(c7c6)-c6ccccc64)c4ccccc4-c4ccccc45)c3)cc2)cc1. The van der Waals surface area contributed by atoms with Crippen molar-refractivity contribution in [3.05, 3.63) is 289 Å². The summed E-state index contributed by atoms with van der Waals surface area (Å²) in [6.07, 6.45) is 0. The summed E-state index contributed by atoms with van der Waals surface area (Å²) in [4.78, 5) is 4.86. The van der Waals surface area contributed by atoms with E-state index in [0.29, 0.717) is 0 Å². The molecule has 13 rings (SSSR count). The van der Waals surface area contributed by atoms with Crippen molar-refractivity contribution >= 4 is 44.9 Å². The summed E-state index contributed by atoms with van der Waals surface area (Å²) in [6, 6.07) is 98.5. The number of nitrogens with zero attached hydrogens (tertiary/aromatic N) is 2. The molecule has 67 heavy (non-hydrogen) atoms. The van der Waals surface area contributed by atoms with E-state index in [2.05, 4.69) is 277 Å². The number of fused-ring (bicyclic) bond motifs is 12. The van der Waals surface area contributed by atoms with Gasteiger partial charge in [-0.2, -0.15) is 0 Å². The van der Waals surface area contributed by atoms with Gasteiger partial charge in [0.25, 0.3) is 0 Å². The van der Waals surface area contributed by atoms with E-state index < -0.39 is 5.41 Å². The number of hydrogen-bond donors (Lipinski definition) is 0. The molecule has 1 heterocycles. The monoisotopic (exact) mass is 852 g/mol. The van der Waals surface area contributed by atoms with Gasteiger partial charge in [0.1, 0.15) is 0 Å². The van der Waals surface area contributed by atoms with Gasteiger partial charge < -0.3 is 9.80 Å². The third-order valence-electron chi connectivity index (χ3n) is 14.1. The lowest BCUT2D eigenvalue weighted by atomic mass is 9.67. The molecular formula is C65H44N2. The van der Waals surface area contributed by atoms with E-state index in [1.54, 1.807) is 0 Å². The molecule has 1 aliphatic carbocycles. The topological polar surface area (TPSA) is 6.48 Å². The second-order valence-electron chi connectivity index (χ2n) is 17.7. The van der Waals surface area contributed by atoms with Crippen molar-refractivity contribution in [3.8, 4) is 44.5 Å². The third kappa shape index (κ3) is 6.26. The molecule has 4 bridgehead atoms. The molecular weight excluding hydrogens is 809 g/mol. The van der Waals surface area contributed by atoms with Crippen LogP contribution in [0.3, 0.4) is 0 Å². The molecule has 2 nitrogen and oxygen atoms in total. The smallest absolute Gasteiger partial charge is 0.0714 e. The molecule has 11 aromatic carbocycles. The van der Waals surface area contributed by atoms with E-state index in [4.69, 9.17) is 0 Å². The van der Waals surface area contributed by atoms with Gasteiger partial charge in [0.2, 0.25) is 0 Å². The minimum absolute atomic E-state index is 0.552. The molecule has 0 fully saturated rings. The predicted molar refractivity (Wildman–Crippen MR) is 280 cm³/mol. The zero-order valence-corrected chi connectivity index (χ0v) is 36.8. The first-order valence-corrected chi connectivity index (χ1v) is 23.2.